The van der Waals surface area contributed by atoms with Crippen molar-refractivity contribution in [1.82, 2.24) is 9.88 Å². The van der Waals surface area contributed by atoms with Crippen LogP contribution >= 0.6 is 11.8 Å². The van der Waals surface area contributed by atoms with Gasteiger partial charge in [0.05, 0.1) is 11.3 Å². The molecule has 0 aliphatic carbocycles. The number of thioether (sulfide) groups is 1. The minimum atomic E-state index is -0.939. The molecular weight excluding hydrogens is 386 g/mol. The zero-order valence-electron chi connectivity index (χ0n) is 15.7. The number of benzene rings is 1. The molecule has 3 aromatic rings. The Bertz CT molecular complexity index is 1080. The van der Waals surface area contributed by atoms with Crippen molar-refractivity contribution < 1.29 is 14.3 Å². The second-order valence-corrected chi connectivity index (χ2v) is 8.63. The monoisotopic (exact) mass is 405 g/mol. The Labute approximate surface area is 172 Å². The molecule has 6 nitrogen and oxygen atoms in total. The average molecular weight is 405 g/mol. The predicted octanol–water partition coefficient (Wildman–Crippen LogP) is 4.63. The van der Waals surface area contributed by atoms with Crippen molar-refractivity contribution in [3.8, 4) is 11.3 Å². The van der Waals surface area contributed by atoms with Crippen LogP contribution in [0.5, 0.6) is 0 Å². The molecule has 3 atom stereocenters. The number of pyridine rings is 1. The van der Waals surface area contributed by atoms with Gasteiger partial charge in [-0.25, -0.2) is 9.79 Å². The summed E-state index contributed by atoms with van der Waals surface area (Å²) in [4.78, 5) is 22.9. The number of hydrogen-bond donors (Lipinski definition) is 1. The van der Waals surface area contributed by atoms with Crippen LogP contribution < -0.4 is 0 Å². The molecule has 0 unspecified atom stereocenters. The van der Waals surface area contributed by atoms with Gasteiger partial charge in [0.1, 0.15) is 23.6 Å². The molecule has 5 rings (SSSR count). The number of carbonyl (C=O) groups is 1. The lowest BCUT2D eigenvalue weighted by atomic mass is 10.0. The fraction of sp³-hybridized carbons (Fsp3) is 0.227. The van der Waals surface area contributed by atoms with Gasteiger partial charge in [0.25, 0.3) is 0 Å². The number of fused-ring (bicyclic) bond motifs is 1. The molecule has 1 saturated heterocycles. The van der Waals surface area contributed by atoms with Gasteiger partial charge in [-0.2, -0.15) is 0 Å². The third-order valence-corrected chi connectivity index (χ3v) is 6.32. The van der Waals surface area contributed by atoms with Crippen molar-refractivity contribution in [2.45, 2.75) is 24.3 Å². The summed E-state index contributed by atoms with van der Waals surface area (Å²) in [5, 5.41) is 10.6. The zero-order chi connectivity index (χ0) is 20.0. The smallest absolute Gasteiger partial charge is 0.335 e. The van der Waals surface area contributed by atoms with Gasteiger partial charge in [-0.15, -0.1) is 0 Å². The molecule has 4 heterocycles. The molecule has 0 radical (unpaired) electrons. The van der Waals surface area contributed by atoms with E-state index in [-0.39, 0.29) is 17.6 Å². The van der Waals surface area contributed by atoms with E-state index < -0.39 is 5.97 Å². The number of nitrogens with zero attached hydrogens (tertiary/aromatic N) is 3. The molecule has 1 fully saturated rings. The molecule has 2 aliphatic heterocycles. The summed E-state index contributed by atoms with van der Waals surface area (Å²) in [7, 11) is 0. The molecule has 2 aromatic heterocycles. The van der Waals surface area contributed by atoms with E-state index in [0.717, 1.165) is 28.7 Å². The van der Waals surface area contributed by atoms with Crippen molar-refractivity contribution >= 4 is 22.9 Å². The molecule has 0 bridgehead atoms. The van der Waals surface area contributed by atoms with Crippen molar-refractivity contribution in [3.63, 3.8) is 0 Å². The molecular formula is C22H19N3O3S. The van der Waals surface area contributed by atoms with Crippen LogP contribution in [0.2, 0.25) is 0 Å². The Morgan fingerprint density at radius 3 is 2.72 bits per heavy atom. The van der Waals surface area contributed by atoms with Gasteiger partial charge in [-0.05, 0) is 36.4 Å². The Morgan fingerprint density at radius 2 is 2.00 bits per heavy atom. The fourth-order valence-electron chi connectivity index (χ4n) is 3.87. The van der Waals surface area contributed by atoms with E-state index in [9.17, 15) is 4.79 Å². The number of rotatable bonds is 4. The van der Waals surface area contributed by atoms with E-state index in [0.29, 0.717) is 11.0 Å². The van der Waals surface area contributed by atoms with Gasteiger partial charge >= 0.3 is 5.97 Å². The van der Waals surface area contributed by atoms with E-state index in [1.165, 1.54) is 0 Å². The quantitative estimate of drug-likeness (QED) is 0.682. The normalized spacial score (nSPS) is 23.1. The molecule has 0 spiro atoms. The first kappa shape index (κ1) is 18.0. The molecule has 2 aliphatic rings. The summed E-state index contributed by atoms with van der Waals surface area (Å²) < 4.78 is 6.25. The molecule has 1 aromatic carbocycles. The van der Waals surface area contributed by atoms with Crippen LogP contribution in [0.25, 0.3) is 11.3 Å². The van der Waals surface area contributed by atoms with Gasteiger partial charge in [-0.3, -0.25) is 4.98 Å². The van der Waals surface area contributed by atoms with E-state index in [2.05, 4.69) is 16.8 Å². The van der Waals surface area contributed by atoms with Crippen LogP contribution in [0.1, 0.15) is 40.8 Å². The van der Waals surface area contributed by atoms with Crippen LogP contribution in [0.4, 0.5) is 0 Å². The number of aromatic nitrogens is 1. The number of furan rings is 1. The summed E-state index contributed by atoms with van der Waals surface area (Å²) in [6.45, 7) is 3.12. The first-order valence-corrected chi connectivity index (χ1v) is 10.3. The summed E-state index contributed by atoms with van der Waals surface area (Å²) in [5.74, 6) is 0.614. The summed E-state index contributed by atoms with van der Waals surface area (Å²) in [5.41, 5.74) is 2.03. The molecule has 7 heteroatoms. The zero-order valence-corrected chi connectivity index (χ0v) is 16.5. The summed E-state index contributed by atoms with van der Waals surface area (Å²) in [6, 6.07) is 16.4. The fourth-order valence-corrected chi connectivity index (χ4v) is 4.96. The Morgan fingerprint density at radius 1 is 1.17 bits per heavy atom. The minimum absolute atomic E-state index is 0.0376. The number of aliphatic imine (C=N–C) groups is 1. The maximum Gasteiger partial charge on any atom is 0.335 e. The number of amidine groups is 1. The van der Waals surface area contributed by atoms with Gasteiger partial charge in [0.15, 0.2) is 5.17 Å². The van der Waals surface area contributed by atoms with Gasteiger partial charge in [0, 0.05) is 23.6 Å². The van der Waals surface area contributed by atoms with Crippen molar-refractivity contribution in [1.29, 1.82) is 0 Å². The van der Waals surface area contributed by atoms with E-state index in [4.69, 9.17) is 14.5 Å². The second-order valence-electron chi connectivity index (χ2n) is 7.22. The van der Waals surface area contributed by atoms with Crippen LogP contribution in [0, 0.1) is 0 Å². The average Bonchev–Trinajstić information content (AvgIpc) is 3.42. The third-order valence-electron chi connectivity index (χ3n) is 5.22. The van der Waals surface area contributed by atoms with E-state index >= 15 is 0 Å². The maximum absolute atomic E-state index is 11.1. The highest BCUT2D eigenvalue weighted by Gasteiger charge is 2.45. The highest BCUT2D eigenvalue weighted by Crippen LogP contribution is 2.48. The van der Waals surface area contributed by atoms with Crippen molar-refractivity contribution in [2.75, 3.05) is 6.54 Å². The van der Waals surface area contributed by atoms with Gasteiger partial charge < -0.3 is 14.4 Å². The van der Waals surface area contributed by atoms with E-state index in [1.807, 2.05) is 30.3 Å². The molecule has 1 N–H and O–H groups in total. The lowest BCUT2D eigenvalue weighted by molar-refractivity contribution is 0.0697. The summed E-state index contributed by atoms with van der Waals surface area (Å²) >= 11 is 1.79. The predicted molar refractivity (Wildman–Crippen MR) is 112 cm³/mol. The molecule has 0 amide bonds. The van der Waals surface area contributed by atoms with Crippen molar-refractivity contribution in [3.05, 3.63) is 77.8 Å². The number of carboxylic acids is 1. The van der Waals surface area contributed by atoms with Crippen LogP contribution in [0.3, 0.4) is 0 Å². The lowest BCUT2D eigenvalue weighted by Gasteiger charge is -2.25. The van der Waals surface area contributed by atoms with E-state index in [1.54, 1.807) is 42.2 Å². The van der Waals surface area contributed by atoms with Gasteiger partial charge in [0.2, 0.25) is 0 Å². The number of carboxylic acid groups (broad SMARTS) is 1. The second kappa shape index (κ2) is 7.08. The summed E-state index contributed by atoms with van der Waals surface area (Å²) in [6.07, 6.45) is 1.79. The number of hydrogen-bond acceptors (Lipinski definition) is 6. The van der Waals surface area contributed by atoms with Crippen molar-refractivity contribution in [2.24, 2.45) is 4.99 Å². The SMILES string of the molecule is C[C@H]1CN2C(=N[C@@H](c3ccccn3)[C@@H]2c2ccc(-c3ccc(C(=O)O)cc3)o2)S1. The standard InChI is InChI=1S/C22H19N3O3S/c1-13-12-25-20(19(24-22(25)29-13)16-4-2-3-11-23-16)18-10-9-17(28-18)14-5-7-15(8-6-14)21(26)27/h2-11,13,19-20H,12H2,1H3,(H,26,27)/t13-,19-,20-/m0/s1. The highest BCUT2D eigenvalue weighted by molar-refractivity contribution is 8.14. The van der Waals surface area contributed by atoms with Crippen LogP contribution in [-0.4, -0.2) is 37.9 Å². The minimum Gasteiger partial charge on any atom is -0.478 e. The molecule has 29 heavy (non-hydrogen) atoms. The largest absolute Gasteiger partial charge is 0.478 e. The van der Waals surface area contributed by atoms with Crippen LogP contribution in [-0.2, 0) is 0 Å². The topological polar surface area (TPSA) is 78.9 Å². The Balaban J connectivity index is 1.49. The Kier molecular flexibility index (Phi) is 4.39. The lowest BCUT2D eigenvalue weighted by Crippen LogP contribution is -2.28. The van der Waals surface area contributed by atoms with Gasteiger partial charge in [-0.1, -0.05) is 36.9 Å². The Hall–Kier alpha value is -3.06. The number of aromatic carboxylic acids is 1. The molecule has 0 saturated carbocycles. The highest BCUT2D eigenvalue weighted by atomic mass is 32.2. The molecule has 146 valence electrons. The first-order valence-electron chi connectivity index (χ1n) is 9.45. The third kappa shape index (κ3) is 3.21. The first-order chi connectivity index (χ1) is 14.1. The van der Waals surface area contributed by atoms with Crippen LogP contribution in [0.15, 0.2) is 70.2 Å². The maximum atomic E-state index is 11.1.